The minimum Gasteiger partial charge on any atom is -0.391 e. The Hall–Kier alpha value is -0.850. The molecule has 0 radical (unpaired) electrons. The van der Waals surface area contributed by atoms with Gasteiger partial charge >= 0.3 is 6.09 Å². The maximum Gasteiger partial charge on any atom is 0.411 e. The summed E-state index contributed by atoms with van der Waals surface area (Å²) < 4.78 is 5.47. The van der Waals surface area contributed by atoms with E-state index >= 15 is 0 Å². The highest BCUT2D eigenvalue weighted by atomic mass is 127. The third kappa shape index (κ3) is 2.71. The second kappa shape index (κ2) is 3.51. The van der Waals surface area contributed by atoms with Gasteiger partial charge in [0.05, 0.1) is 0 Å². The second-order valence-corrected chi connectivity index (χ2v) is 2.98. The molecule has 0 unspecified atom stereocenters. The number of nitrogens with zero attached hydrogens (tertiary/aromatic N) is 1. The summed E-state index contributed by atoms with van der Waals surface area (Å²) in [7, 11) is 0. The first kappa shape index (κ1) is 8.25. The van der Waals surface area contributed by atoms with Gasteiger partial charge in [0, 0.05) is 15.8 Å². The van der Waals surface area contributed by atoms with Crippen LogP contribution < -0.4 is 10.5 Å². The lowest BCUT2D eigenvalue weighted by atomic mass is 10.5. The average molecular weight is 264 g/mol. The number of carbonyl (C=O) groups excluding carboxylic acids is 1. The molecule has 1 aromatic rings. The molecule has 0 atom stereocenters. The van der Waals surface area contributed by atoms with Crippen molar-refractivity contribution in [2.24, 2.45) is 5.73 Å². The Labute approximate surface area is 76.9 Å². The van der Waals surface area contributed by atoms with Gasteiger partial charge in [-0.1, -0.05) is 0 Å². The Bertz CT molecular complexity index is 260. The Morgan fingerprint density at radius 2 is 2.36 bits per heavy atom. The highest BCUT2D eigenvalue weighted by Crippen LogP contribution is 2.08. The lowest BCUT2D eigenvalue weighted by Crippen LogP contribution is -2.16. The Morgan fingerprint density at radius 3 is 2.82 bits per heavy atom. The molecule has 1 amide bonds. The lowest BCUT2D eigenvalue weighted by Gasteiger charge is -1.97. The summed E-state index contributed by atoms with van der Waals surface area (Å²) in [5.41, 5.74) is 4.76. The summed E-state index contributed by atoms with van der Waals surface area (Å²) in [6, 6.07) is 3.35. The summed E-state index contributed by atoms with van der Waals surface area (Å²) in [5, 5.41) is 0. The molecule has 0 saturated carbocycles. The van der Waals surface area contributed by atoms with Crippen molar-refractivity contribution in [3.63, 3.8) is 0 Å². The number of halogens is 1. The van der Waals surface area contributed by atoms with Crippen LogP contribution in [0.4, 0.5) is 4.79 Å². The Morgan fingerprint density at radius 1 is 1.64 bits per heavy atom. The average Bonchev–Trinajstić information content (AvgIpc) is 1.93. The third-order valence-corrected chi connectivity index (χ3v) is 1.54. The van der Waals surface area contributed by atoms with E-state index in [0.717, 1.165) is 3.57 Å². The summed E-state index contributed by atoms with van der Waals surface area (Å²) in [6.45, 7) is 0. The van der Waals surface area contributed by atoms with Gasteiger partial charge in [-0.2, -0.15) is 0 Å². The van der Waals surface area contributed by atoms with Crippen molar-refractivity contribution in [2.45, 2.75) is 0 Å². The molecule has 2 N–H and O–H groups in total. The number of aromatic nitrogens is 1. The molecule has 0 saturated heterocycles. The van der Waals surface area contributed by atoms with E-state index in [4.69, 9.17) is 5.73 Å². The van der Waals surface area contributed by atoms with E-state index in [0.29, 0.717) is 0 Å². The molecule has 0 spiro atoms. The lowest BCUT2D eigenvalue weighted by molar-refractivity contribution is 0.209. The van der Waals surface area contributed by atoms with Crippen LogP contribution in [0.5, 0.6) is 5.88 Å². The molecular weight excluding hydrogens is 259 g/mol. The maximum atomic E-state index is 10.2. The molecule has 0 aliphatic heterocycles. The first-order valence-electron chi connectivity index (χ1n) is 2.77. The molecule has 5 heteroatoms. The van der Waals surface area contributed by atoms with Crippen molar-refractivity contribution in [3.05, 3.63) is 21.9 Å². The second-order valence-electron chi connectivity index (χ2n) is 1.74. The van der Waals surface area contributed by atoms with Gasteiger partial charge in [-0.15, -0.1) is 0 Å². The number of amides is 1. The standard InChI is InChI=1S/C6H5IN2O2/c7-4-1-2-5(9-3-4)11-6(8)10/h1-3H,(H2,8,10). The van der Waals surface area contributed by atoms with Gasteiger partial charge in [0.15, 0.2) is 0 Å². The minimum atomic E-state index is -0.848. The Kier molecular flexibility index (Phi) is 2.64. The minimum absolute atomic E-state index is 0.220. The van der Waals surface area contributed by atoms with Crippen molar-refractivity contribution in [3.8, 4) is 5.88 Å². The topological polar surface area (TPSA) is 65.2 Å². The van der Waals surface area contributed by atoms with Gasteiger partial charge in [0.25, 0.3) is 0 Å². The van der Waals surface area contributed by atoms with Crippen LogP contribution in [0.3, 0.4) is 0 Å². The van der Waals surface area contributed by atoms with Crippen LogP contribution in [0.25, 0.3) is 0 Å². The summed E-state index contributed by atoms with van der Waals surface area (Å²) >= 11 is 2.10. The first-order chi connectivity index (χ1) is 5.18. The zero-order valence-electron chi connectivity index (χ0n) is 5.45. The van der Waals surface area contributed by atoms with Gasteiger partial charge in [0.2, 0.25) is 5.88 Å². The predicted octanol–water partition coefficient (Wildman–Crippen LogP) is 1.14. The fraction of sp³-hybridized carbons (Fsp3) is 0. The molecule has 0 aliphatic rings. The maximum absolute atomic E-state index is 10.2. The van der Waals surface area contributed by atoms with Crippen LogP contribution in [0.15, 0.2) is 18.3 Å². The van der Waals surface area contributed by atoms with Gasteiger partial charge in [-0.25, -0.2) is 9.78 Å². The monoisotopic (exact) mass is 264 g/mol. The van der Waals surface area contributed by atoms with Crippen LogP contribution in [0, 0.1) is 3.57 Å². The van der Waals surface area contributed by atoms with Gasteiger partial charge in [0.1, 0.15) is 0 Å². The van der Waals surface area contributed by atoms with Crippen LogP contribution in [0.2, 0.25) is 0 Å². The zero-order valence-corrected chi connectivity index (χ0v) is 7.61. The summed E-state index contributed by atoms with van der Waals surface area (Å²) in [5.74, 6) is 0.220. The highest BCUT2D eigenvalue weighted by Gasteiger charge is 1.97. The van der Waals surface area contributed by atoms with E-state index in [1.807, 2.05) is 0 Å². The smallest absolute Gasteiger partial charge is 0.391 e. The molecule has 1 aromatic heterocycles. The molecular formula is C6H5IN2O2. The van der Waals surface area contributed by atoms with E-state index in [9.17, 15) is 4.79 Å². The van der Waals surface area contributed by atoms with Crippen molar-refractivity contribution in [1.82, 2.24) is 4.98 Å². The largest absolute Gasteiger partial charge is 0.411 e. The molecule has 11 heavy (non-hydrogen) atoms. The predicted molar refractivity (Wildman–Crippen MR) is 47.2 cm³/mol. The van der Waals surface area contributed by atoms with E-state index in [-0.39, 0.29) is 5.88 Å². The van der Waals surface area contributed by atoms with Crippen molar-refractivity contribution >= 4 is 28.7 Å². The van der Waals surface area contributed by atoms with Crippen molar-refractivity contribution in [1.29, 1.82) is 0 Å². The number of hydrogen-bond acceptors (Lipinski definition) is 3. The number of nitrogens with two attached hydrogens (primary N) is 1. The van der Waals surface area contributed by atoms with Crippen LogP contribution in [-0.4, -0.2) is 11.1 Å². The van der Waals surface area contributed by atoms with Crippen LogP contribution in [0.1, 0.15) is 0 Å². The van der Waals surface area contributed by atoms with Crippen molar-refractivity contribution < 1.29 is 9.53 Å². The summed E-state index contributed by atoms with van der Waals surface area (Å²) in [6.07, 6.45) is 0.734. The molecule has 1 heterocycles. The van der Waals surface area contributed by atoms with E-state index in [1.165, 1.54) is 0 Å². The zero-order chi connectivity index (χ0) is 8.27. The van der Waals surface area contributed by atoms with Gasteiger partial charge < -0.3 is 10.5 Å². The van der Waals surface area contributed by atoms with E-state index in [2.05, 4.69) is 32.3 Å². The summed E-state index contributed by atoms with van der Waals surface area (Å²) in [4.78, 5) is 14.0. The van der Waals surface area contributed by atoms with Crippen molar-refractivity contribution in [2.75, 3.05) is 0 Å². The molecule has 1 rings (SSSR count). The van der Waals surface area contributed by atoms with Gasteiger partial charge in [-0.3, -0.25) is 0 Å². The first-order valence-corrected chi connectivity index (χ1v) is 3.85. The fourth-order valence-electron chi connectivity index (χ4n) is 0.526. The number of pyridine rings is 1. The van der Waals surface area contributed by atoms with Gasteiger partial charge in [-0.05, 0) is 28.7 Å². The van der Waals surface area contributed by atoms with Crippen LogP contribution >= 0.6 is 22.6 Å². The SMILES string of the molecule is NC(=O)Oc1ccc(I)cn1. The molecule has 0 bridgehead atoms. The third-order valence-electron chi connectivity index (χ3n) is 0.905. The molecule has 0 fully saturated rings. The normalized spacial score (nSPS) is 9.18. The number of primary amides is 1. The molecule has 0 aliphatic carbocycles. The number of rotatable bonds is 1. The van der Waals surface area contributed by atoms with E-state index < -0.39 is 6.09 Å². The number of ether oxygens (including phenoxy) is 1. The Balaban J connectivity index is 2.74. The number of carbonyl (C=O) groups is 1. The molecule has 58 valence electrons. The fourth-order valence-corrected chi connectivity index (χ4v) is 0.845. The van der Waals surface area contributed by atoms with E-state index in [1.54, 1.807) is 18.3 Å². The quantitative estimate of drug-likeness (QED) is 0.773. The molecule has 4 nitrogen and oxygen atoms in total. The molecule has 0 aromatic carbocycles. The number of hydrogen-bond donors (Lipinski definition) is 1. The van der Waals surface area contributed by atoms with Crippen LogP contribution in [-0.2, 0) is 0 Å². The highest BCUT2D eigenvalue weighted by molar-refractivity contribution is 14.1.